The molecular formula is C13H27N. The van der Waals surface area contributed by atoms with Crippen molar-refractivity contribution < 1.29 is 0 Å². The van der Waals surface area contributed by atoms with Crippen molar-refractivity contribution in [3.8, 4) is 0 Å². The lowest BCUT2D eigenvalue weighted by atomic mass is 10.2. The monoisotopic (exact) mass is 197 g/mol. The molecule has 0 spiro atoms. The van der Waals surface area contributed by atoms with E-state index < -0.39 is 0 Å². The summed E-state index contributed by atoms with van der Waals surface area (Å²) in [6.07, 6.45) is 4.35. The Morgan fingerprint density at radius 3 is 1.86 bits per heavy atom. The number of hydrogen-bond acceptors (Lipinski definition) is 1. The molecule has 0 unspecified atom stereocenters. The Kier molecular flexibility index (Phi) is 24.3. The van der Waals surface area contributed by atoms with E-state index >= 15 is 0 Å². The SMILES string of the molecule is C=C.CC.CNC/C=C(/C)C=C(C)C. The molecule has 1 N–H and O–H groups in total. The first-order valence-corrected chi connectivity index (χ1v) is 5.13. The second-order valence-electron chi connectivity index (χ2n) is 2.73. The topological polar surface area (TPSA) is 12.0 Å². The number of nitrogens with one attached hydrogen (secondary N) is 1. The Labute approximate surface area is 90.6 Å². The largest absolute Gasteiger partial charge is 0.316 e. The third-order valence-corrected chi connectivity index (χ3v) is 1.14. The summed E-state index contributed by atoms with van der Waals surface area (Å²) in [6.45, 7) is 17.3. The predicted molar refractivity (Wildman–Crippen MR) is 69.7 cm³/mol. The van der Waals surface area contributed by atoms with E-state index in [0.717, 1.165) is 6.54 Å². The van der Waals surface area contributed by atoms with E-state index in [4.69, 9.17) is 0 Å². The lowest BCUT2D eigenvalue weighted by molar-refractivity contribution is 0.915. The van der Waals surface area contributed by atoms with Crippen LogP contribution in [0.15, 0.2) is 36.5 Å². The second kappa shape index (κ2) is 18.1. The van der Waals surface area contributed by atoms with E-state index in [1.54, 1.807) is 0 Å². The van der Waals surface area contributed by atoms with Crippen LogP contribution >= 0.6 is 0 Å². The molecular weight excluding hydrogens is 170 g/mol. The fraction of sp³-hybridized carbons (Fsp3) is 0.538. The van der Waals surface area contributed by atoms with Crippen molar-refractivity contribution in [1.29, 1.82) is 0 Å². The molecule has 0 heterocycles. The van der Waals surface area contributed by atoms with Crippen molar-refractivity contribution in [2.75, 3.05) is 13.6 Å². The van der Waals surface area contributed by atoms with Crippen LogP contribution in [0, 0.1) is 0 Å². The molecule has 0 aromatic rings. The van der Waals surface area contributed by atoms with Crippen LogP contribution in [0.1, 0.15) is 34.6 Å². The van der Waals surface area contributed by atoms with Gasteiger partial charge in [-0.05, 0) is 27.8 Å². The van der Waals surface area contributed by atoms with Gasteiger partial charge in [-0.3, -0.25) is 0 Å². The van der Waals surface area contributed by atoms with Crippen molar-refractivity contribution in [2.45, 2.75) is 34.6 Å². The van der Waals surface area contributed by atoms with Gasteiger partial charge < -0.3 is 5.32 Å². The quantitative estimate of drug-likeness (QED) is 0.533. The van der Waals surface area contributed by atoms with Gasteiger partial charge in [0, 0.05) is 6.54 Å². The molecule has 1 heteroatoms. The molecule has 84 valence electrons. The minimum absolute atomic E-state index is 0.954. The van der Waals surface area contributed by atoms with Crippen LogP contribution in [0.2, 0.25) is 0 Å². The van der Waals surface area contributed by atoms with E-state index in [2.05, 4.69) is 51.4 Å². The third kappa shape index (κ3) is 22.5. The van der Waals surface area contributed by atoms with E-state index in [9.17, 15) is 0 Å². The highest BCUT2D eigenvalue weighted by molar-refractivity contribution is 5.19. The Morgan fingerprint density at radius 1 is 1.14 bits per heavy atom. The first-order valence-electron chi connectivity index (χ1n) is 5.13. The van der Waals surface area contributed by atoms with Gasteiger partial charge in [0.15, 0.2) is 0 Å². The van der Waals surface area contributed by atoms with E-state index in [-0.39, 0.29) is 0 Å². The molecule has 0 saturated heterocycles. The summed E-state index contributed by atoms with van der Waals surface area (Å²) in [6, 6.07) is 0. The van der Waals surface area contributed by atoms with Gasteiger partial charge in [-0.1, -0.05) is 37.1 Å². The molecule has 0 bridgehead atoms. The molecule has 0 fully saturated rings. The normalized spacial score (nSPS) is 8.86. The maximum Gasteiger partial charge on any atom is 0.0137 e. The van der Waals surface area contributed by atoms with Crippen molar-refractivity contribution in [3.63, 3.8) is 0 Å². The van der Waals surface area contributed by atoms with Crippen LogP contribution in [0.3, 0.4) is 0 Å². The Hall–Kier alpha value is -0.820. The summed E-state index contributed by atoms with van der Waals surface area (Å²) in [4.78, 5) is 0. The van der Waals surface area contributed by atoms with Crippen LogP contribution in [-0.2, 0) is 0 Å². The van der Waals surface area contributed by atoms with Crippen molar-refractivity contribution >= 4 is 0 Å². The van der Waals surface area contributed by atoms with Crippen LogP contribution in [-0.4, -0.2) is 13.6 Å². The molecule has 0 aliphatic heterocycles. The molecule has 0 aliphatic carbocycles. The summed E-state index contributed by atoms with van der Waals surface area (Å²) in [5.74, 6) is 0. The summed E-state index contributed by atoms with van der Waals surface area (Å²) in [5.41, 5.74) is 2.68. The van der Waals surface area contributed by atoms with Crippen LogP contribution in [0.4, 0.5) is 0 Å². The first-order chi connectivity index (χ1) is 6.66. The van der Waals surface area contributed by atoms with Gasteiger partial charge in [-0.2, -0.15) is 0 Å². The Balaban J connectivity index is -0.000000266. The highest BCUT2D eigenvalue weighted by atomic mass is 14.8. The number of rotatable bonds is 3. The lowest BCUT2D eigenvalue weighted by Crippen LogP contribution is -2.04. The molecule has 0 aromatic carbocycles. The molecule has 0 aliphatic rings. The average Bonchev–Trinajstić information content (AvgIpc) is 2.20. The molecule has 0 amide bonds. The zero-order chi connectivity index (χ0) is 12.0. The van der Waals surface area contributed by atoms with Crippen molar-refractivity contribution in [1.82, 2.24) is 5.32 Å². The van der Waals surface area contributed by atoms with Crippen LogP contribution < -0.4 is 5.32 Å². The maximum absolute atomic E-state index is 3.07. The highest BCUT2D eigenvalue weighted by Crippen LogP contribution is 1.98. The zero-order valence-corrected chi connectivity index (χ0v) is 10.8. The number of likely N-dealkylation sites (N-methyl/N-ethyl adjacent to an activating group) is 1. The fourth-order valence-corrected chi connectivity index (χ4v) is 0.777. The molecule has 0 aromatic heterocycles. The summed E-state index contributed by atoms with van der Waals surface area (Å²) in [7, 11) is 1.95. The number of allylic oxidation sites excluding steroid dienone is 3. The first kappa shape index (κ1) is 18.9. The third-order valence-electron chi connectivity index (χ3n) is 1.14. The van der Waals surface area contributed by atoms with Gasteiger partial charge in [-0.15, -0.1) is 13.2 Å². The number of hydrogen-bond donors (Lipinski definition) is 1. The average molecular weight is 197 g/mol. The standard InChI is InChI=1S/C9H17N.C2H6.C2H4/c1-8(2)7-9(3)5-6-10-4;2*1-2/h5,7,10H,6H2,1-4H3;1-2H3;1-2H2/b9-5-;;. The van der Waals surface area contributed by atoms with E-state index in [1.807, 2.05) is 20.9 Å². The lowest BCUT2D eigenvalue weighted by Gasteiger charge is -1.93. The molecule has 1 nitrogen and oxygen atoms in total. The van der Waals surface area contributed by atoms with Crippen LogP contribution in [0.5, 0.6) is 0 Å². The maximum atomic E-state index is 3.07. The predicted octanol–water partition coefficient (Wildman–Crippen LogP) is 3.95. The van der Waals surface area contributed by atoms with E-state index in [0.29, 0.717) is 0 Å². The summed E-state index contributed by atoms with van der Waals surface area (Å²) >= 11 is 0. The fourth-order valence-electron chi connectivity index (χ4n) is 0.777. The summed E-state index contributed by atoms with van der Waals surface area (Å²) < 4.78 is 0. The van der Waals surface area contributed by atoms with Gasteiger partial charge in [-0.25, -0.2) is 0 Å². The highest BCUT2D eigenvalue weighted by Gasteiger charge is 1.81. The Bertz CT molecular complexity index is 151. The molecule has 14 heavy (non-hydrogen) atoms. The Morgan fingerprint density at radius 2 is 1.57 bits per heavy atom. The van der Waals surface area contributed by atoms with Gasteiger partial charge in [0.2, 0.25) is 0 Å². The summed E-state index contributed by atoms with van der Waals surface area (Å²) in [5, 5.41) is 3.07. The minimum atomic E-state index is 0.954. The van der Waals surface area contributed by atoms with Crippen LogP contribution in [0.25, 0.3) is 0 Å². The van der Waals surface area contributed by atoms with Gasteiger partial charge in [0.25, 0.3) is 0 Å². The minimum Gasteiger partial charge on any atom is -0.316 e. The van der Waals surface area contributed by atoms with Gasteiger partial charge in [0.1, 0.15) is 0 Å². The molecule has 0 rings (SSSR count). The van der Waals surface area contributed by atoms with E-state index in [1.165, 1.54) is 11.1 Å². The van der Waals surface area contributed by atoms with Gasteiger partial charge >= 0.3 is 0 Å². The van der Waals surface area contributed by atoms with Crippen molar-refractivity contribution in [3.05, 3.63) is 36.5 Å². The zero-order valence-electron chi connectivity index (χ0n) is 10.8. The van der Waals surface area contributed by atoms with Gasteiger partial charge in [0.05, 0.1) is 0 Å². The van der Waals surface area contributed by atoms with Crippen molar-refractivity contribution in [2.24, 2.45) is 0 Å². The molecule has 0 atom stereocenters. The molecule has 0 saturated carbocycles. The second-order valence-corrected chi connectivity index (χ2v) is 2.73. The molecule has 0 radical (unpaired) electrons. The smallest absolute Gasteiger partial charge is 0.0137 e.